The first kappa shape index (κ1) is 14.3. The number of phenols is 1. The number of hydrogen-bond acceptors (Lipinski definition) is 3. The molecular weight excluding hydrogens is 282 g/mol. The second-order valence-electron chi connectivity index (χ2n) is 5.50. The van der Waals surface area contributed by atoms with Crippen LogP contribution in [0.2, 0.25) is 0 Å². The molecule has 1 N–H and O–H groups in total. The monoisotopic (exact) mass is 301 g/mol. The van der Waals surface area contributed by atoms with Crippen LogP contribution in [0.1, 0.15) is 24.2 Å². The van der Waals surface area contributed by atoms with Crippen molar-refractivity contribution in [3.63, 3.8) is 0 Å². The van der Waals surface area contributed by atoms with Crippen LogP contribution >= 0.6 is 11.8 Å². The van der Waals surface area contributed by atoms with Crippen LogP contribution in [0.3, 0.4) is 0 Å². The maximum absolute atomic E-state index is 12.8. The highest BCUT2D eigenvalue weighted by molar-refractivity contribution is 8.00. The van der Waals surface area contributed by atoms with E-state index in [2.05, 4.69) is 13.8 Å². The smallest absolute Gasteiger partial charge is 0.257 e. The molecular formula is C17H19NO2S. The van der Waals surface area contributed by atoms with E-state index in [4.69, 9.17) is 0 Å². The molecule has 0 aromatic heterocycles. The second kappa shape index (κ2) is 5.60. The van der Waals surface area contributed by atoms with Gasteiger partial charge in [-0.1, -0.05) is 37.3 Å². The lowest BCUT2D eigenvalue weighted by Gasteiger charge is -2.37. The number of carbonyl (C=O) groups is 1. The van der Waals surface area contributed by atoms with Gasteiger partial charge >= 0.3 is 0 Å². The lowest BCUT2D eigenvalue weighted by atomic mass is 10.0. The molecule has 0 spiro atoms. The Kier molecular flexibility index (Phi) is 3.81. The van der Waals surface area contributed by atoms with E-state index in [-0.39, 0.29) is 17.7 Å². The molecule has 1 aliphatic rings. The van der Waals surface area contributed by atoms with Crippen molar-refractivity contribution < 1.29 is 9.90 Å². The molecule has 1 aliphatic heterocycles. The van der Waals surface area contributed by atoms with Gasteiger partial charge in [0, 0.05) is 29.0 Å². The molecule has 2 aromatic rings. The number of fused-ring (bicyclic) bond motifs is 1. The highest BCUT2D eigenvalue weighted by Crippen LogP contribution is 2.32. The Hall–Kier alpha value is -1.68. The van der Waals surface area contributed by atoms with Crippen LogP contribution in [0, 0.1) is 0 Å². The molecule has 1 amide bonds. The first-order valence-electron chi connectivity index (χ1n) is 7.23. The van der Waals surface area contributed by atoms with Crippen molar-refractivity contribution in [2.45, 2.75) is 25.1 Å². The van der Waals surface area contributed by atoms with Crippen molar-refractivity contribution in [2.75, 3.05) is 12.3 Å². The van der Waals surface area contributed by atoms with Gasteiger partial charge in [0.1, 0.15) is 5.75 Å². The van der Waals surface area contributed by atoms with Crippen molar-refractivity contribution >= 4 is 28.4 Å². The second-order valence-corrected chi connectivity index (χ2v) is 6.98. The van der Waals surface area contributed by atoms with Crippen molar-refractivity contribution in [1.29, 1.82) is 0 Å². The highest BCUT2D eigenvalue weighted by atomic mass is 32.2. The van der Waals surface area contributed by atoms with Gasteiger partial charge in [-0.25, -0.2) is 0 Å². The molecule has 2 unspecified atom stereocenters. The van der Waals surface area contributed by atoms with Crippen molar-refractivity contribution in [3.8, 4) is 5.75 Å². The molecule has 21 heavy (non-hydrogen) atoms. The molecule has 0 bridgehead atoms. The average Bonchev–Trinajstić information content (AvgIpc) is 2.50. The fourth-order valence-electron chi connectivity index (χ4n) is 2.80. The molecule has 4 heteroatoms. The topological polar surface area (TPSA) is 40.5 Å². The fourth-order valence-corrected chi connectivity index (χ4v) is 3.90. The Morgan fingerprint density at radius 1 is 1.24 bits per heavy atom. The minimum atomic E-state index is -0.0714. The van der Waals surface area contributed by atoms with Gasteiger partial charge < -0.3 is 10.0 Å². The number of amides is 1. The Morgan fingerprint density at radius 3 is 2.81 bits per heavy atom. The molecule has 0 aliphatic carbocycles. The van der Waals surface area contributed by atoms with Crippen LogP contribution in [0.25, 0.3) is 10.8 Å². The van der Waals surface area contributed by atoms with E-state index in [0.29, 0.717) is 10.8 Å². The van der Waals surface area contributed by atoms with Crippen LogP contribution < -0.4 is 0 Å². The van der Waals surface area contributed by atoms with E-state index >= 15 is 0 Å². The Bertz CT molecular complexity index is 686. The molecule has 3 nitrogen and oxygen atoms in total. The maximum Gasteiger partial charge on any atom is 0.257 e. The van der Waals surface area contributed by atoms with Gasteiger partial charge in [-0.15, -0.1) is 0 Å². The van der Waals surface area contributed by atoms with Gasteiger partial charge in [-0.3, -0.25) is 4.79 Å². The third-order valence-corrected chi connectivity index (χ3v) is 5.61. The lowest BCUT2D eigenvalue weighted by Crippen LogP contribution is -2.47. The zero-order chi connectivity index (χ0) is 15.0. The number of hydrogen-bond donors (Lipinski definition) is 1. The van der Waals surface area contributed by atoms with Crippen LogP contribution in [0.5, 0.6) is 5.75 Å². The summed E-state index contributed by atoms with van der Waals surface area (Å²) in [6, 6.07) is 11.4. The molecule has 2 atom stereocenters. The van der Waals surface area contributed by atoms with Crippen molar-refractivity contribution in [1.82, 2.24) is 4.90 Å². The zero-order valence-electron chi connectivity index (χ0n) is 12.2. The number of rotatable bonds is 1. The lowest BCUT2D eigenvalue weighted by molar-refractivity contribution is 0.0695. The molecule has 1 fully saturated rings. The summed E-state index contributed by atoms with van der Waals surface area (Å²) in [5.74, 6) is 0.972. The molecule has 1 heterocycles. The van der Waals surface area contributed by atoms with E-state index in [9.17, 15) is 9.90 Å². The van der Waals surface area contributed by atoms with E-state index < -0.39 is 0 Å². The summed E-state index contributed by atoms with van der Waals surface area (Å²) in [5.41, 5.74) is 0.402. The van der Waals surface area contributed by atoms with E-state index in [0.717, 1.165) is 23.1 Å². The van der Waals surface area contributed by atoms with Gasteiger partial charge in [0.15, 0.2) is 0 Å². The Morgan fingerprint density at radius 2 is 2.00 bits per heavy atom. The first-order valence-corrected chi connectivity index (χ1v) is 8.27. The predicted molar refractivity (Wildman–Crippen MR) is 88.0 cm³/mol. The molecule has 1 saturated heterocycles. The van der Waals surface area contributed by atoms with E-state index in [1.165, 1.54) is 0 Å². The summed E-state index contributed by atoms with van der Waals surface area (Å²) in [6.45, 7) is 4.96. The highest BCUT2D eigenvalue weighted by Gasteiger charge is 2.30. The summed E-state index contributed by atoms with van der Waals surface area (Å²) in [4.78, 5) is 14.7. The number of benzene rings is 2. The van der Waals surface area contributed by atoms with Gasteiger partial charge in [0.25, 0.3) is 5.91 Å². The molecule has 2 aromatic carbocycles. The number of aromatic hydroxyl groups is 1. The zero-order valence-corrected chi connectivity index (χ0v) is 13.1. The summed E-state index contributed by atoms with van der Waals surface area (Å²) >= 11 is 1.89. The van der Waals surface area contributed by atoms with Crippen LogP contribution in [-0.2, 0) is 0 Å². The Balaban J connectivity index is 2.00. The van der Waals surface area contributed by atoms with Crippen molar-refractivity contribution in [2.24, 2.45) is 0 Å². The summed E-state index contributed by atoms with van der Waals surface area (Å²) < 4.78 is 0. The van der Waals surface area contributed by atoms with Crippen LogP contribution in [0.15, 0.2) is 36.4 Å². The predicted octanol–water partition coefficient (Wildman–Crippen LogP) is 3.51. The largest absolute Gasteiger partial charge is 0.506 e. The maximum atomic E-state index is 12.8. The first-order chi connectivity index (χ1) is 10.1. The third kappa shape index (κ3) is 2.48. The van der Waals surface area contributed by atoms with Crippen molar-refractivity contribution in [3.05, 3.63) is 42.0 Å². The molecule has 0 saturated carbocycles. The summed E-state index contributed by atoms with van der Waals surface area (Å²) in [7, 11) is 0. The summed E-state index contributed by atoms with van der Waals surface area (Å²) in [6.07, 6.45) is 0. The standard InChI is InChI=1S/C17H19NO2S/c1-11-12(2)21-10-9-18(11)17(20)15-8-7-13-5-3-4-6-14(13)16(15)19/h3-8,11-12,19H,9-10H2,1-2H3. The van der Waals surface area contributed by atoms with Gasteiger partial charge in [0.05, 0.1) is 5.56 Å². The summed E-state index contributed by atoms with van der Waals surface area (Å²) in [5, 5.41) is 12.5. The SMILES string of the molecule is CC1SCCN(C(=O)c2ccc3ccccc3c2O)C1C. The fraction of sp³-hybridized carbons (Fsp3) is 0.353. The van der Waals surface area contributed by atoms with E-state index in [1.807, 2.05) is 47.0 Å². The van der Waals surface area contributed by atoms with Gasteiger partial charge in [-0.05, 0) is 18.4 Å². The van der Waals surface area contributed by atoms with Gasteiger partial charge in [-0.2, -0.15) is 11.8 Å². The number of carbonyl (C=O) groups excluding carboxylic acids is 1. The number of thioether (sulfide) groups is 1. The third-order valence-electron chi connectivity index (χ3n) is 4.28. The van der Waals surface area contributed by atoms with E-state index in [1.54, 1.807) is 6.07 Å². The normalized spacial score (nSPS) is 22.5. The molecule has 110 valence electrons. The Labute approximate surface area is 129 Å². The van der Waals surface area contributed by atoms with Gasteiger partial charge in [0.2, 0.25) is 0 Å². The number of nitrogens with zero attached hydrogens (tertiary/aromatic N) is 1. The minimum absolute atomic E-state index is 0.0714. The quantitative estimate of drug-likeness (QED) is 0.876. The molecule has 3 rings (SSSR count). The minimum Gasteiger partial charge on any atom is -0.506 e. The van der Waals surface area contributed by atoms with Crippen LogP contribution in [-0.4, -0.2) is 39.5 Å². The molecule has 0 radical (unpaired) electrons. The number of phenolic OH excluding ortho intramolecular Hbond substituents is 1. The average molecular weight is 301 g/mol. The van der Waals surface area contributed by atoms with Crippen LogP contribution in [0.4, 0.5) is 0 Å².